The van der Waals surface area contributed by atoms with Crippen LogP contribution >= 0.6 is 0 Å². The van der Waals surface area contributed by atoms with Crippen molar-refractivity contribution in [3.8, 4) is 5.75 Å². The van der Waals surface area contributed by atoms with Crippen LogP contribution in [0, 0.1) is 0 Å². The van der Waals surface area contributed by atoms with Crippen molar-refractivity contribution >= 4 is 11.9 Å². The summed E-state index contributed by atoms with van der Waals surface area (Å²) in [6.07, 6.45) is 1.59. The van der Waals surface area contributed by atoms with Gasteiger partial charge in [-0.1, -0.05) is 25.6 Å². The van der Waals surface area contributed by atoms with Crippen molar-refractivity contribution in [3.05, 3.63) is 42.0 Å². The van der Waals surface area contributed by atoms with Gasteiger partial charge in [-0.3, -0.25) is 4.79 Å². The van der Waals surface area contributed by atoms with Crippen molar-refractivity contribution in [1.82, 2.24) is 0 Å². The van der Waals surface area contributed by atoms with E-state index in [1.165, 1.54) is 5.56 Å². The third kappa shape index (κ3) is 5.69. The third-order valence-electron chi connectivity index (χ3n) is 2.67. The second kappa shape index (κ2) is 8.15. The van der Waals surface area contributed by atoms with Gasteiger partial charge in [0.25, 0.3) is 0 Å². The van der Waals surface area contributed by atoms with E-state index in [1.807, 2.05) is 12.1 Å². The Hall–Kier alpha value is -2.10. The minimum absolute atomic E-state index is 0.190. The molecule has 0 aliphatic rings. The summed E-state index contributed by atoms with van der Waals surface area (Å²) in [6, 6.07) is 7.41. The fourth-order valence-corrected chi connectivity index (χ4v) is 1.48. The molecule has 0 radical (unpaired) electrons. The number of rotatable bonds is 7. The Bertz CT molecular complexity index is 474. The van der Waals surface area contributed by atoms with Crippen molar-refractivity contribution in [1.29, 1.82) is 0 Å². The summed E-state index contributed by atoms with van der Waals surface area (Å²) >= 11 is 0. The number of esters is 2. The molecule has 0 aliphatic carbocycles. The normalized spacial score (nSPS) is 9.90. The Morgan fingerprint density at radius 1 is 1.20 bits per heavy atom. The first-order chi connectivity index (χ1) is 9.52. The van der Waals surface area contributed by atoms with Crippen LogP contribution in [0.15, 0.2) is 36.4 Å². The predicted octanol–water partition coefficient (Wildman–Crippen LogP) is 3.05. The zero-order chi connectivity index (χ0) is 15.0. The van der Waals surface area contributed by atoms with Gasteiger partial charge in [0.15, 0.2) is 0 Å². The van der Waals surface area contributed by atoms with Gasteiger partial charge in [0, 0.05) is 12.0 Å². The van der Waals surface area contributed by atoms with Gasteiger partial charge < -0.3 is 9.47 Å². The minimum atomic E-state index is -0.437. The highest BCUT2D eigenvalue weighted by molar-refractivity contribution is 5.86. The average Bonchev–Trinajstić information content (AvgIpc) is 2.44. The van der Waals surface area contributed by atoms with E-state index in [4.69, 9.17) is 9.47 Å². The molecule has 0 amide bonds. The molecule has 0 N–H and O–H groups in total. The molecule has 0 spiro atoms. The lowest BCUT2D eigenvalue weighted by Gasteiger charge is -2.06. The zero-order valence-corrected chi connectivity index (χ0v) is 12.0. The van der Waals surface area contributed by atoms with Crippen molar-refractivity contribution < 1.29 is 19.1 Å². The Morgan fingerprint density at radius 2 is 1.85 bits per heavy atom. The first-order valence-corrected chi connectivity index (χ1v) is 6.65. The number of carbonyl (C=O) groups excluding carboxylic acids is 2. The molecular formula is C16H20O4. The van der Waals surface area contributed by atoms with Crippen molar-refractivity contribution in [3.63, 3.8) is 0 Å². The van der Waals surface area contributed by atoms with Gasteiger partial charge in [-0.15, -0.1) is 0 Å². The van der Waals surface area contributed by atoms with E-state index in [0.717, 1.165) is 6.42 Å². The first kappa shape index (κ1) is 16.0. The Morgan fingerprint density at radius 3 is 2.40 bits per heavy atom. The lowest BCUT2D eigenvalue weighted by atomic mass is 10.2. The molecule has 0 fully saturated rings. The number of hydrogen-bond donors (Lipinski definition) is 0. The van der Waals surface area contributed by atoms with Crippen LogP contribution in [0.1, 0.15) is 32.3 Å². The second-order valence-corrected chi connectivity index (χ2v) is 4.49. The van der Waals surface area contributed by atoms with Gasteiger partial charge in [0.1, 0.15) is 5.75 Å². The van der Waals surface area contributed by atoms with Crippen LogP contribution < -0.4 is 4.74 Å². The highest BCUT2D eigenvalue weighted by atomic mass is 16.5. The van der Waals surface area contributed by atoms with Gasteiger partial charge in [-0.2, -0.15) is 0 Å². The van der Waals surface area contributed by atoms with E-state index in [0.29, 0.717) is 17.7 Å². The third-order valence-corrected chi connectivity index (χ3v) is 2.67. The quantitative estimate of drug-likeness (QED) is 0.332. The molecule has 0 bridgehead atoms. The maximum absolute atomic E-state index is 11.6. The Labute approximate surface area is 119 Å². The van der Waals surface area contributed by atoms with Crippen LogP contribution in [0.25, 0.3) is 0 Å². The molecule has 4 nitrogen and oxygen atoms in total. The van der Waals surface area contributed by atoms with Gasteiger partial charge in [0.2, 0.25) is 0 Å². The predicted molar refractivity (Wildman–Crippen MR) is 76.5 cm³/mol. The molecule has 0 aromatic heterocycles. The van der Waals surface area contributed by atoms with E-state index in [1.54, 1.807) is 19.1 Å². The van der Waals surface area contributed by atoms with Crippen LogP contribution in [0.2, 0.25) is 0 Å². The zero-order valence-electron chi connectivity index (χ0n) is 12.0. The molecule has 20 heavy (non-hydrogen) atoms. The number of hydrogen-bond acceptors (Lipinski definition) is 4. The van der Waals surface area contributed by atoms with Gasteiger partial charge in [-0.05, 0) is 37.5 Å². The SMILES string of the molecule is C=C(C)C(=O)OCCCC(=O)Oc1ccc(CC)cc1. The molecule has 108 valence electrons. The summed E-state index contributed by atoms with van der Waals surface area (Å²) in [7, 11) is 0. The molecule has 0 heterocycles. The monoisotopic (exact) mass is 276 g/mol. The van der Waals surface area contributed by atoms with Crippen LogP contribution in [-0.4, -0.2) is 18.5 Å². The number of ether oxygens (including phenoxy) is 2. The molecule has 0 aliphatic heterocycles. The lowest BCUT2D eigenvalue weighted by molar-refractivity contribution is -0.141. The molecule has 1 aromatic rings. The lowest BCUT2D eigenvalue weighted by Crippen LogP contribution is -2.11. The summed E-state index contributed by atoms with van der Waals surface area (Å²) in [4.78, 5) is 22.7. The topological polar surface area (TPSA) is 52.6 Å². The first-order valence-electron chi connectivity index (χ1n) is 6.65. The van der Waals surface area contributed by atoms with Crippen molar-refractivity contribution in [2.24, 2.45) is 0 Å². The van der Waals surface area contributed by atoms with E-state index >= 15 is 0 Å². The minimum Gasteiger partial charge on any atom is -0.462 e. The van der Waals surface area contributed by atoms with E-state index in [9.17, 15) is 9.59 Å². The van der Waals surface area contributed by atoms with Crippen LogP contribution in [0.4, 0.5) is 0 Å². The van der Waals surface area contributed by atoms with Gasteiger partial charge in [-0.25, -0.2) is 4.79 Å². The van der Waals surface area contributed by atoms with Crippen LogP contribution in [0.5, 0.6) is 5.75 Å². The van der Waals surface area contributed by atoms with E-state index in [2.05, 4.69) is 13.5 Å². The molecule has 0 saturated heterocycles. The van der Waals surface area contributed by atoms with E-state index in [-0.39, 0.29) is 19.0 Å². The Kier molecular flexibility index (Phi) is 6.50. The fourth-order valence-electron chi connectivity index (χ4n) is 1.48. The smallest absolute Gasteiger partial charge is 0.333 e. The maximum Gasteiger partial charge on any atom is 0.333 e. The molecule has 0 atom stereocenters. The van der Waals surface area contributed by atoms with Crippen LogP contribution in [0.3, 0.4) is 0 Å². The largest absolute Gasteiger partial charge is 0.462 e. The maximum atomic E-state index is 11.6. The average molecular weight is 276 g/mol. The molecule has 1 rings (SSSR count). The summed E-state index contributed by atoms with van der Waals surface area (Å²) in [5.41, 5.74) is 1.54. The molecule has 0 unspecified atom stereocenters. The number of benzene rings is 1. The van der Waals surface area contributed by atoms with E-state index < -0.39 is 5.97 Å². The van der Waals surface area contributed by atoms with Crippen molar-refractivity contribution in [2.75, 3.05) is 6.61 Å². The van der Waals surface area contributed by atoms with Crippen molar-refractivity contribution in [2.45, 2.75) is 33.1 Å². The Balaban J connectivity index is 2.26. The molecule has 4 heteroatoms. The summed E-state index contributed by atoms with van der Waals surface area (Å²) in [6.45, 7) is 7.31. The standard InChI is InChI=1S/C16H20O4/c1-4-13-7-9-14(10-8-13)20-15(17)6-5-11-19-16(18)12(2)3/h7-10H,2,4-6,11H2,1,3H3. The number of aryl methyl sites for hydroxylation is 1. The molecule has 0 saturated carbocycles. The fraction of sp³-hybridized carbons (Fsp3) is 0.375. The highest BCUT2D eigenvalue weighted by Crippen LogP contribution is 2.13. The summed E-state index contributed by atoms with van der Waals surface area (Å²) in [5.74, 6) is -0.236. The van der Waals surface area contributed by atoms with Gasteiger partial charge in [0.05, 0.1) is 6.61 Å². The summed E-state index contributed by atoms with van der Waals surface area (Å²) in [5, 5.41) is 0. The van der Waals surface area contributed by atoms with Gasteiger partial charge >= 0.3 is 11.9 Å². The second-order valence-electron chi connectivity index (χ2n) is 4.49. The summed E-state index contributed by atoms with van der Waals surface area (Å²) < 4.78 is 10.1. The molecule has 1 aromatic carbocycles. The van der Waals surface area contributed by atoms with Crippen LogP contribution in [-0.2, 0) is 20.7 Å². The molecular weight excluding hydrogens is 256 g/mol. The highest BCUT2D eigenvalue weighted by Gasteiger charge is 2.07. The number of carbonyl (C=O) groups is 2.